The average Bonchev–Trinajstić information content (AvgIpc) is 2.50. The number of hydrogen-bond donors (Lipinski definition) is 0. The van der Waals surface area contributed by atoms with E-state index in [0.29, 0.717) is 24.5 Å². The SMILES string of the molecule is Cn1ncc(N2CC(Oc3ccc([N+](=O)[O-])cc3)C2)c(Cl)c1=O. The highest BCUT2D eigenvalue weighted by atomic mass is 35.5. The second-order valence-electron chi connectivity index (χ2n) is 5.17. The smallest absolute Gasteiger partial charge is 0.287 e. The molecule has 2 heterocycles. The molecule has 0 amide bonds. The van der Waals surface area contributed by atoms with Crippen molar-refractivity contribution < 1.29 is 9.66 Å². The highest BCUT2D eigenvalue weighted by Crippen LogP contribution is 2.28. The van der Waals surface area contributed by atoms with Crippen LogP contribution >= 0.6 is 11.6 Å². The molecule has 0 atom stereocenters. The molecule has 1 aromatic heterocycles. The first-order valence-electron chi connectivity index (χ1n) is 6.83. The highest BCUT2D eigenvalue weighted by molar-refractivity contribution is 6.33. The van der Waals surface area contributed by atoms with Gasteiger partial charge in [0.1, 0.15) is 16.9 Å². The highest BCUT2D eigenvalue weighted by Gasteiger charge is 2.31. The standard InChI is InChI=1S/C14H13ClN4O4/c1-17-14(20)13(15)12(6-16-17)18-7-11(8-18)23-10-4-2-9(3-5-10)19(21)22/h2-6,11H,7-8H2,1H3. The van der Waals surface area contributed by atoms with E-state index in [9.17, 15) is 14.9 Å². The molecule has 0 radical (unpaired) electrons. The molecule has 120 valence electrons. The number of nitro groups is 1. The van der Waals surface area contributed by atoms with Crippen LogP contribution < -0.4 is 15.2 Å². The lowest BCUT2D eigenvalue weighted by atomic mass is 10.1. The Morgan fingerprint density at radius 1 is 1.35 bits per heavy atom. The van der Waals surface area contributed by atoms with Crippen molar-refractivity contribution in [2.45, 2.75) is 6.10 Å². The number of benzene rings is 1. The first-order valence-corrected chi connectivity index (χ1v) is 7.21. The monoisotopic (exact) mass is 336 g/mol. The van der Waals surface area contributed by atoms with Crippen LogP contribution in [0.15, 0.2) is 35.3 Å². The van der Waals surface area contributed by atoms with Gasteiger partial charge in [-0.2, -0.15) is 5.10 Å². The summed E-state index contributed by atoms with van der Waals surface area (Å²) < 4.78 is 6.90. The summed E-state index contributed by atoms with van der Waals surface area (Å²) in [5.41, 5.74) is 0.257. The van der Waals surface area contributed by atoms with Gasteiger partial charge in [-0.3, -0.25) is 14.9 Å². The molecule has 0 N–H and O–H groups in total. The quantitative estimate of drug-likeness (QED) is 0.622. The Hall–Kier alpha value is -2.61. The number of aryl methyl sites for hydroxylation is 1. The Balaban J connectivity index is 1.62. The minimum atomic E-state index is -0.459. The summed E-state index contributed by atoms with van der Waals surface area (Å²) in [7, 11) is 1.54. The third-order valence-electron chi connectivity index (χ3n) is 3.60. The van der Waals surface area contributed by atoms with Crippen molar-refractivity contribution in [3.63, 3.8) is 0 Å². The minimum Gasteiger partial charge on any atom is -0.487 e. The van der Waals surface area contributed by atoms with Gasteiger partial charge in [-0.25, -0.2) is 4.68 Å². The fourth-order valence-corrected chi connectivity index (χ4v) is 2.56. The van der Waals surface area contributed by atoms with E-state index in [-0.39, 0.29) is 22.4 Å². The molecule has 1 saturated heterocycles. The molecule has 0 unspecified atom stereocenters. The van der Waals surface area contributed by atoms with Crippen molar-refractivity contribution in [1.29, 1.82) is 0 Å². The predicted molar refractivity (Wildman–Crippen MR) is 84.2 cm³/mol. The molecule has 1 fully saturated rings. The fraction of sp³-hybridized carbons (Fsp3) is 0.286. The van der Waals surface area contributed by atoms with E-state index in [1.807, 2.05) is 4.90 Å². The van der Waals surface area contributed by atoms with Crippen LogP contribution in [0, 0.1) is 10.1 Å². The summed E-state index contributed by atoms with van der Waals surface area (Å²) >= 11 is 6.04. The van der Waals surface area contributed by atoms with Crippen LogP contribution in [0.3, 0.4) is 0 Å². The second-order valence-corrected chi connectivity index (χ2v) is 5.55. The molecule has 1 aliphatic heterocycles. The number of nitrogens with zero attached hydrogens (tertiary/aromatic N) is 4. The topological polar surface area (TPSA) is 90.5 Å². The lowest BCUT2D eigenvalue weighted by molar-refractivity contribution is -0.384. The largest absolute Gasteiger partial charge is 0.487 e. The number of nitro benzene ring substituents is 1. The van der Waals surface area contributed by atoms with Crippen LogP contribution in [-0.4, -0.2) is 33.9 Å². The summed E-state index contributed by atoms with van der Waals surface area (Å²) in [6.07, 6.45) is 1.47. The summed E-state index contributed by atoms with van der Waals surface area (Å²) in [5.74, 6) is 0.563. The van der Waals surface area contributed by atoms with Crippen molar-refractivity contribution in [3.8, 4) is 5.75 Å². The molecule has 0 spiro atoms. The summed E-state index contributed by atoms with van der Waals surface area (Å²) in [5, 5.41) is 14.7. The Labute approximate surface area is 136 Å². The summed E-state index contributed by atoms with van der Waals surface area (Å²) in [4.78, 5) is 23.8. The normalized spacial score (nSPS) is 14.4. The van der Waals surface area contributed by atoms with E-state index in [1.165, 1.54) is 23.9 Å². The zero-order valence-electron chi connectivity index (χ0n) is 12.2. The third kappa shape index (κ3) is 2.98. The molecule has 0 bridgehead atoms. The molecule has 9 heteroatoms. The van der Waals surface area contributed by atoms with Gasteiger partial charge in [0.15, 0.2) is 0 Å². The molecular weight excluding hydrogens is 324 g/mol. The van der Waals surface area contributed by atoms with Gasteiger partial charge in [0, 0.05) is 19.2 Å². The van der Waals surface area contributed by atoms with E-state index in [2.05, 4.69) is 5.10 Å². The Morgan fingerprint density at radius 3 is 2.61 bits per heavy atom. The zero-order valence-corrected chi connectivity index (χ0v) is 12.9. The Morgan fingerprint density at radius 2 is 2.00 bits per heavy atom. The Bertz CT molecular complexity index is 799. The van der Waals surface area contributed by atoms with Crippen LogP contribution in [0.1, 0.15) is 0 Å². The molecular formula is C14H13ClN4O4. The van der Waals surface area contributed by atoms with Gasteiger partial charge in [0.2, 0.25) is 0 Å². The van der Waals surface area contributed by atoms with Crippen LogP contribution in [0.2, 0.25) is 5.02 Å². The number of aromatic nitrogens is 2. The lowest BCUT2D eigenvalue weighted by Gasteiger charge is -2.40. The first-order chi connectivity index (χ1) is 11.0. The van der Waals surface area contributed by atoms with Gasteiger partial charge >= 0.3 is 0 Å². The molecule has 1 aromatic carbocycles. The molecule has 2 aromatic rings. The molecule has 23 heavy (non-hydrogen) atoms. The van der Waals surface area contributed by atoms with E-state index in [4.69, 9.17) is 16.3 Å². The number of ether oxygens (including phenoxy) is 1. The summed E-state index contributed by atoms with van der Waals surface area (Å²) in [6.45, 7) is 1.12. The van der Waals surface area contributed by atoms with E-state index in [1.54, 1.807) is 18.3 Å². The number of anilines is 1. The van der Waals surface area contributed by atoms with Crippen molar-refractivity contribution >= 4 is 23.0 Å². The van der Waals surface area contributed by atoms with Crippen molar-refractivity contribution in [2.24, 2.45) is 7.05 Å². The molecule has 0 aliphatic carbocycles. The van der Waals surface area contributed by atoms with Crippen LogP contribution in [0.4, 0.5) is 11.4 Å². The number of hydrogen-bond acceptors (Lipinski definition) is 6. The van der Waals surface area contributed by atoms with Crippen molar-refractivity contribution in [1.82, 2.24) is 9.78 Å². The number of rotatable bonds is 4. The molecule has 0 saturated carbocycles. The third-order valence-corrected chi connectivity index (χ3v) is 3.95. The maximum Gasteiger partial charge on any atom is 0.287 e. The molecule has 8 nitrogen and oxygen atoms in total. The number of non-ortho nitro benzene ring substituents is 1. The van der Waals surface area contributed by atoms with E-state index < -0.39 is 4.92 Å². The van der Waals surface area contributed by atoms with Gasteiger partial charge in [-0.1, -0.05) is 11.6 Å². The van der Waals surface area contributed by atoms with Crippen LogP contribution in [0.5, 0.6) is 5.75 Å². The minimum absolute atomic E-state index is 0.0190. The maximum absolute atomic E-state index is 11.7. The van der Waals surface area contributed by atoms with Crippen LogP contribution in [-0.2, 0) is 7.05 Å². The van der Waals surface area contributed by atoms with Gasteiger partial charge < -0.3 is 9.64 Å². The van der Waals surface area contributed by atoms with Crippen molar-refractivity contribution in [3.05, 3.63) is 56.0 Å². The maximum atomic E-state index is 11.7. The van der Waals surface area contributed by atoms with E-state index >= 15 is 0 Å². The molecule has 1 aliphatic rings. The fourth-order valence-electron chi connectivity index (χ4n) is 2.27. The first kappa shape index (κ1) is 15.3. The van der Waals surface area contributed by atoms with E-state index in [0.717, 1.165) is 0 Å². The molecule has 3 rings (SSSR count). The Kier molecular flexibility index (Phi) is 3.91. The van der Waals surface area contributed by atoms with Gasteiger partial charge in [-0.15, -0.1) is 0 Å². The number of halogens is 1. The van der Waals surface area contributed by atoms with Crippen molar-refractivity contribution in [2.75, 3.05) is 18.0 Å². The van der Waals surface area contributed by atoms with Crippen LogP contribution in [0.25, 0.3) is 0 Å². The predicted octanol–water partition coefficient (Wildman–Crippen LogP) is 1.61. The average molecular weight is 337 g/mol. The van der Waals surface area contributed by atoms with Gasteiger partial charge in [-0.05, 0) is 12.1 Å². The second kappa shape index (κ2) is 5.88. The zero-order chi connectivity index (χ0) is 16.6. The lowest BCUT2D eigenvalue weighted by Crippen LogP contribution is -2.54. The van der Waals surface area contributed by atoms with Gasteiger partial charge in [0.25, 0.3) is 11.2 Å². The summed E-state index contributed by atoms with van der Waals surface area (Å²) in [6, 6.07) is 5.92. The van der Waals surface area contributed by atoms with Gasteiger partial charge in [0.05, 0.1) is 29.9 Å².